The molecule has 1 heterocycles. The summed E-state index contributed by atoms with van der Waals surface area (Å²) < 4.78 is 23.6. The molecule has 0 fully saturated rings. The van der Waals surface area contributed by atoms with Crippen LogP contribution in [0.5, 0.6) is 5.75 Å². The Kier molecular flexibility index (Phi) is 2.64. The molecule has 3 nitrogen and oxygen atoms in total. The minimum Gasteiger partial charge on any atom is -0.423 e. The van der Waals surface area contributed by atoms with Crippen LogP contribution in [-0.4, -0.2) is 6.61 Å². The van der Waals surface area contributed by atoms with Crippen molar-refractivity contribution in [3.05, 3.63) is 29.3 Å². The lowest BCUT2D eigenvalue weighted by molar-refractivity contribution is 0.270. The smallest absolute Gasteiger partial charge is 0.389 e. The van der Waals surface area contributed by atoms with Gasteiger partial charge in [-0.05, 0) is 39.3 Å². The summed E-state index contributed by atoms with van der Waals surface area (Å²) in [6.07, 6.45) is 0. The Labute approximate surface area is 96.3 Å². The Hall–Kier alpha value is -0.790. The molecule has 0 spiro atoms. The number of rotatable bonds is 2. The van der Waals surface area contributed by atoms with E-state index in [0.29, 0.717) is 12.4 Å². The maximum absolute atomic E-state index is 12.6. The third kappa shape index (κ3) is 1.42. The van der Waals surface area contributed by atoms with E-state index in [4.69, 9.17) is 9.05 Å². The summed E-state index contributed by atoms with van der Waals surface area (Å²) in [7, 11) is -3.08. The second kappa shape index (κ2) is 3.61. The molecule has 0 N–H and O–H groups in total. The topological polar surface area (TPSA) is 35.5 Å². The van der Waals surface area contributed by atoms with E-state index in [1.165, 1.54) is 0 Å². The van der Waals surface area contributed by atoms with Gasteiger partial charge < -0.3 is 4.52 Å². The van der Waals surface area contributed by atoms with Crippen molar-refractivity contribution in [1.82, 2.24) is 0 Å². The van der Waals surface area contributed by atoms with E-state index in [1.54, 1.807) is 0 Å². The second-order valence-electron chi connectivity index (χ2n) is 4.51. The summed E-state index contributed by atoms with van der Waals surface area (Å²) in [4.78, 5) is 0. The molecule has 1 unspecified atom stereocenters. The van der Waals surface area contributed by atoms with Gasteiger partial charge in [-0.1, -0.05) is 12.1 Å². The zero-order chi connectivity index (χ0) is 12.0. The first-order valence-corrected chi connectivity index (χ1v) is 7.01. The Balaban J connectivity index is 2.59. The molecule has 0 bridgehead atoms. The van der Waals surface area contributed by atoms with Gasteiger partial charge in [0.05, 0.1) is 6.61 Å². The highest BCUT2D eigenvalue weighted by molar-refractivity contribution is 7.56. The van der Waals surface area contributed by atoms with Crippen molar-refractivity contribution in [3.8, 4) is 5.75 Å². The molecule has 1 aromatic carbocycles. The number of hydrogen-bond donors (Lipinski definition) is 0. The van der Waals surface area contributed by atoms with E-state index >= 15 is 0 Å². The van der Waals surface area contributed by atoms with Gasteiger partial charge in [0, 0.05) is 5.56 Å². The molecule has 1 aliphatic rings. The third-order valence-electron chi connectivity index (χ3n) is 3.05. The van der Waals surface area contributed by atoms with Crippen LogP contribution in [0.1, 0.15) is 31.9 Å². The lowest BCUT2D eigenvalue weighted by Gasteiger charge is -2.25. The summed E-state index contributed by atoms with van der Waals surface area (Å²) in [5, 5.41) is -0.566. The van der Waals surface area contributed by atoms with Crippen LogP contribution in [0.15, 0.2) is 18.2 Å². The van der Waals surface area contributed by atoms with E-state index in [9.17, 15) is 4.57 Å². The lowest BCUT2D eigenvalue weighted by Crippen LogP contribution is -2.16. The van der Waals surface area contributed by atoms with Crippen molar-refractivity contribution in [2.45, 2.75) is 32.9 Å². The molecular formula is C12H17O3P. The summed E-state index contributed by atoms with van der Waals surface area (Å²) in [6.45, 7) is 8.07. The first-order valence-electron chi connectivity index (χ1n) is 5.47. The predicted octanol–water partition coefficient (Wildman–Crippen LogP) is 3.85. The van der Waals surface area contributed by atoms with Gasteiger partial charge in [0.2, 0.25) is 0 Å². The number of hydrogen-bond acceptors (Lipinski definition) is 3. The highest BCUT2D eigenvalue weighted by Crippen LogP contribution is 2.71. The summed E-state index contributed by atoms with van der Waals surface area (Å²) in [5.41, 5.74) is 2.10. The molecule has 0 radical (unpaired) electrons. The molecule has 0 saturated carbocycles. The standard InChI is InChI=1S/C12H17O3P/c1-5-14-16(13)12(3,4)11-9(2)7-6-8-10(11)15-16/h6-8H,5H2,1-4H3. The molecule has 0 aliphatic carbocycles. The molecule has 16 heavy (non-hydrogen) atoms. The van der Waals surface area contributed by atoms with Gasteiger partial charge in [-0.15, -0.1) is 0 Å². The van der Waals surface area contributed by atoms with Gasteiger partial charge in [-0.2, -0.15) is 0 Å². The largest absolute Gasteiger partial charge is 0.423 e. The first kappa shape index (κ1) is 11.7. The van der Waals surface area contributed by atoms with Gasteiger partial charge in [-0.3, -0.25) is 4.52 Å². The SMILES string of the molecule is CCOP1(=O)Oc2cccc(C)c2C1(C)C. The zero-order valence-electron chi connectivity index (χ0n) is 10.1. The van der Waals surface area contributed by atoms with E-state index < -0.39 is 12.8 Å². The molecule has 0 aromatic heterocycles. The molecule has 88 valence electrons. The summed E-state index contributed by atoms with van der Waals surface area (Å²) in [5.74, 6) is 0.696. The molecule has 0 saturated heterocycles. The van der Waals surface area contributed by atoms with Crippen molar-refractivity contribution in [2.75, 3.05) is 6.61 Å². The average Bonchev–Trinajstić information content (AvgIpc) is 2.36. The Bertz CT molecular complexity index is 465. The van der Waals surface area contributed by atoms with Crippen molar-refractivity contribution >= 4 is 7.60 Å². The summed E-state index contributed by atoms with van der Waals surface area (Å²) in [6, 6.07) is 5.76. The van der Waals surface area contributed by atoms with E-state index in [2.05, 4.69) is 0 Å². The molecule has 2 rings (SSSR count). The van der Waals surface area contributed by atoms with Gasteiger partial charge in [0.25, 0.3) is 0 Å². The fraction of sp³-hybridized carbons (Fsp3) is 0.500. The van der Waals surface area contributed by atoms with Crippen molar-refractivity contribution in [1.29, 1.82) is 0 Å². The van der Waals surface area contributed by atoms with Gasteiger partial charge in [0.15, 0.2) is 0 Å². The molecular weight excluding hydrogens is 223 g/mol. The fourth-order valence-electron chi connectivity index (χ4n) is 2.24. The Morgan fingerprint density at radius 1 is 1.44 bits per heavy atom. The normalized spacial score (nSPS) is 26.2. The molecule has 1 aliphatic heterocycles. The quantitative estimate of drug-likeness (QED) is 0.736. The average molecular weight is 240 g/mol. The molecule has 4 heteroatoms. The van der Waals surface area contributed by atoms with Crippen LogP contribution >= 0.6 is 7.60 Å². The maximum Gasteiger partial charge on any atom is 0.389 e. The minimum atomic E-state index is -3.08. The summed E-state index contributed by atoms with van der Waals surface area (Å²) >= 11 is 0. The second-order valence-corrected chi connectivity index (χ2v) is 7.07. The monoisotopic (exact) mass is 240 g/mol. The van der Waals surface area contributed by atoms with Crippen molar-refractivity contribution in [3.63, 3.8) is 0 Å². The molecule has 1 atom stereocenters. The first-order chi connectivity index (χ1) is 7.42. The lowest BCUT2D eigenvalue weighted by atomic mass is 9.96. The van der Waals surface area contributed by atoms with Gasteiger partial charge in [-0.25, -0.2) is 4.57 Å². The van der Waals surface area contributed by atoms with Crippen LogP contribution in [0, 0.1) is 6.92 Å². The van der Waals surface area contributed by atoms with Crippen LogP contribution in [0.3, 0.4) is 0 Å². The van der Waals surface area contributed by atoms with Gasteiger partial charge in [0.1, 0.15) is 10.9 Å². The van der Waals surface area contributed by atoms with Crippen LogP contribution in [0.2, 0.25) is 0 Å². The van der Waals surface area contributed by atoms with E-state index in [0.717, 1.165) is 11.1 Å². The van der Waals surface area contributed by atoms with Crippen LogP contribution in [0.25, 0.3) is 0 Å². The van der Waals surface area contributed by atoms with E-state index in [-0.39, 0.29) is 0 Å². The fourth-order valence-corrected chi connectivity index (χ4v) is 4.15. The Morgan fingerprint density at radius 2 is 2.12 bits per heavy atom. The van der Waals surface area contributed by atoms with E-state index in [1.807, 2.05) is 45.9 Å². The van der Waals surface area contributed by atoms with Crippen LogP contribution in [-0.2, 0) is 14.2 Å². The number of fused-ring (bicyclic) bond motifs is 1. The molecule has 1 aromatic rings. The maximum atomic E-state index is 12.6. The third-order valence-corrected chi connectivity index (χ3v) is 5.68. The highest BCUT2D eigenvalue weighted by Gasteiger charge is 2.53. The van der Waals surface area contributed by atoms with Crippen molar-refractivity contribution < 1.29 is 13.6 Å². The van der Waals surface area contributed by atoms with Gasteiger partial charge >= 0.3 is 7.60 Å². The predicted molar refractivity (Wildman–Crippen MR) is 64.1 cm³/mol. The van der Waals surface area contributed by atoms with Crippen LogP contribution in [0.4, 0.5) is 0 Å². The van der Waals surface area contributed by atoms with Crippen molar-refractivity contribution in [2.24, 2.45) is 0 Å². The number of aryl methyl sites for hydroxylation is 1. The number of benzene rings is 1. The Morgan fingerprint density at radius 3 is 2.69 bits per heavy atom. The van der Waals surface area contributed by atoms with Crippen LogP contribution < -0.4 is 4.52 Å². The molecule has 0 amide bonds. The highest BCUT2D eigenvalue weighted by atomic mass is 31.2. The zero-order valence-corrected chi connectivity index (χ0v) is 11.0. The minimum absolute atomic E-state index is 0.397.